The van der Waals surface area contributed by atoms with Crippen LogP contribution < -0.4 is 5.32 Å². The molecule has 0 aliphatic carbocycles. The van der Waals surface area contributed by atoms with E-state index in [0.29, 0.717) is 6.54 Å². The number of aryl methyl sites for hydroxylation is 2. The predicted molar refractivity (Wildman–Crippen MR) is 83.5 cm³/mol. The topological polar surface area (TPSA) is 34.0 Å². The van der Waals surface area contributed by atoms with E-state index in [4.69, 9.17) is 0 Å². The average molecular weight is 270 g/mol. The first kappa shape index (κ1) is 14.4. The van der Waals surface area contributed by atoms with Gasteiger partial charge in [-0.3, -0.25) is 4.79 Å². The van der Waals surface area contributed by atoms with E-state index < -0.39 is 0 Å². The van der Waals surface area contributed by atoms with Crippen molar-refractivity contribution in [1.82, 2.24) is 4.57 Å². The minimum absolute atomic E-state index is 0.130. The monoisotopic (exact) mass is 270 g/mol. The van der Waals surface area contributed by atoms with Crippen molar-refractivity contribution < 1.29 is 4.79 Å². The van der Waals surface area contributed by atoms with Gasteiger partial charge in [0.2, 0.25) is 0 Å². The van der Waals surface area contributed by atoms with Crippen LogP contribution in [0.25, 0.3) is 0 Å². The Kier molecular flexibility index (Phi) is 4.28. The molecule has 0 unspecified atom stereocenters. The van der Waals surface area contributed by atoms with Crippen molar-refractivity contribution in [2.45, 2.75) is 27.2 Å². The number of rotatable bonds is 5. The third-order valence-corrected chi connectivity index (χ3v) is 3.89. The highest BCUT2D eigenvalue weighted by molar-refractivity contribution is 6.00. The Balaban J connectivity index is 2.02. The normalized spacial score (nSPS) is 10.6. The van der Waals surface area contributed by atoms with Crippen LogP contribution in [0.5, 0.6) is 0 Å². The van der Waals surface area contributed by atoms with Gasteiger partial charge in [0.05, 0.1) is 6.54 Å². The first-order valence-electron chi connectivity index (χ1n) is 7.02. The summed E-state index contributed by atoms with van der Waals surface area (Å²) >= 11 is 0. The van der Waals surface area contributed by atoms with E-state index in [1.807, 2.05) is 43.7 Å². The lowest BCUT2D eigenvalue weighted by molar-refractivity contribution is 0.101. The van der Waals surface area contributed by atoms with E-state index in [1.54, 1.807) is 0 Å². The Bertz CT molecular complexity index is 609. The molecule has 1 aromatic heterocycles. The molecule has 0 aliphatic rings. The third kappa shape index (κ3) is 2.93. The van der Waals surface area contributed by atoms with Gasteiger partial charge in [-0.1, -0.05) is 19.1 Å². The van der Waals surface area contributed by atoms with Crippen LogP contribution in [0.15, 0.2) is 30.3 Å². The van der Waals surface area contributed by atoms with Gasteiger partial charge in [0.25, 0.3) is 0 Å². The zero-order valence-electron chi connectivity index (χ0n) is 12.7. The van der Waals surface area contributed by atoms with Gasteiger partial charge in [0.1, 0.15) is 0 Å². The van der Waals surface area contributed by atoms with Gasteiger partial charge in [-0.2, -0.15) is 0 Å². The smallest absolute Gasteiger partial charge is 0.183 e. The largest absolute Gasteiger partial charge is 0.378 e. The molecule has 1 aromatic carbocycles. The lowest BCUT2D eigenvalue weighted by Crippen LogP contribution is -2.14. The Labute approximate surface area is 120 Å². The number of carbonyl (C=O) groups excluding carboxylic acids is 1. The molecule has 0 amide bonds. The minimum atomic E-state index is 0.130. The fourth-order valence-electron chi connectivity index (χ4n) is 2.27. The Morgan fingerprint density at radius 1 is 1.20 bits per heavy atom. The van der Waals surface area contributed by atoms with E-state index in [9.17, 15) is 4.79 Å². The summed E-state index contributed by atoms with van der Waals surface area (Å²) in [6.07, 6.45) is 1.03. The molecule has 20 heavy (non-hydrogen) atoms. The summed E-state index contributed by atoms with van der Waals surface area (Å²) in [6, 6.07) is 10.2. The van der Waals surface area contributed by atoms with Crippen LogP contribution in [0.2, 0.25) is 0 Å². The fourth-order valence-corrected chi connectivity index (χ4v) is 2.27. The highest BCUT2D eigenvalue weighted by Gasteiger charge is 2.13. The maximum Gasteiger partial charge on any atom is 0.183 e. The Hall–Kier alpha value is -2.03. The zero-order valence-corrected chi connectivity index (χ0v) is 12.7. The van der Waals surface area contributed by atoms with Crippen molar-refractivity contribution >= 4 is 11.5 Å². The average Bonchev–Trinajstić information content (AvgIpc) is 2.73. The summed E-state index contributed by atoms with van der Waals surface area (Å²) in [4.78, 5) is 12.3. The molecule has 3 heteroatoms. The molecular weight excluding hydrogens is 248 g/mol. The van der Waals surface area contributed by atoms with Crippen molar-refractivity contribution in [3.05, 3.63) is 52.8 Å². The maximum absolute atomic E-state index is 12.3. The Morgan fingerprint density at radius 3 is 2.35 bits per heavy atom. The molecular formula is C17H22N2O. The number of carbonyl (C=O) groups is 1. The number of hydrogen-bond donors (Lipinski definition) is 1. The second kappa shape index (κ2) is 5.95. The van der Waals surface area contributed by atoms with Crippen molar-refractivity contribution in [3.8, 4) is 0 Å². The lowest BCUT2D eigenvalue weighted by atomic mass is 10.1. The van der Waals surface area contributed by atoms with Gasteiger partial charge in [-0.25, -0.2) is 0 Å². The first-order valence-corrected chi connectivity index (χ1v) is 7.02. The van der Waals surface area contributed by atoms with E-state index in [-0.39, 0.29) is 5.78 Å². The molecule has 1 N–H and O–H groups in total. The molecule has 0 radical (unpaired) electrons. The number of nitrogens with zero attached hydrogens (tertiary/aromatic N) is 1. The summed E-state index contributed by atoms with van der Waals surface area (Å²) in [7, 11) is 1.98. The highest BCUT2D eigenvalue weighted by atomic mass is 16.1. The first-order chi connectivity index (χ1) is 9.52. The number of aromatic nitrogens is 1. The standard InChI is InChI=1S/C17H22N2O/c1-5-14-6-8-15(9-7-14)18-11-17(20)16-10-12(2)19(4)13(16)3/h6-10,18H,5,11H2,1-4H3. The van der Waals surface area contributed by atoms with E-state index in [2.05, 4.69) is 24.4 Å². The fraction of sp³-hybridized carbons (Fsp3) is 0.353. The van der Waals surface area contributed by atoms with Gasteiger partial charge in [-0.05, 0) is 44.0 Å². The number of Topliss-reactive ketones (excluding diaryl/α,β-unsaturated/α-hetero) is 1. The number of benzene rings is 1. The van der Waals surface area contributed by atoms with Gasteiger partial charge in [0, 0.05) is 29.7 Å². The molecule has 1 heterocycles. The molecule has 2 aromatic rings. The second-order valence-corrected chi connectivity index (χ2v) is 5.17. The molecule has 3 nitrogen and oxygen atoms in total. The van der Waals surface area contributed by atoms with Gasteiger partial charge in [0.15, 0.2) is 5.78 Å². The SMILES string of the molecule is CCc1ccc(NCC(=O)c2cc(C)n(C)c2C)cc1. The molecule has 2 rings (SSSR count). The highest BCUT2D eigenvalue weighted by Crippen LogP contribution is 2.15. The van der Waals surface area contributed by atoms with E-state index in [0.717, 1.165) is 29.1 Å². The number of ketones is 1. The summed E-state index contributed by atoms with van der Waals surface area (Å²) in [5, 5.41) is 3.19. The zero-order chi connectivity index (χ0) is 14.7. The van der Waals surface area contributed by atoms with Crippen LogP contribution >= 0.6 is 0 Å². The third-order valence-electron chi connectivity index (χ3n) is 3.89. The predicted octanol–water partition coefficient (Wildman–Crippen LogP) is 3.50. The molecule has 0 fully saturated rings. The summed E-state index contributed by atoms with van der Waals surface area (Å²) < 4.78 is 2.04. The lowest BCUT2D eigenvalue weighted by Gasteiger charge is -2.07. The van der Waals surface area contributed by atoms with Crippen LogP contribution in [0, 0.1) is 13.8 Å². The molecule has 0 bridgehead atoms. The van der Waals surface area contributed by atoms with Crippen molar-refractivity contribution in [2.24, 2.45) is 7.05 Å². The summed E-state index contributed by atoms with van der Waals surface area (Å²) in [6.45, 7) is 6.46. The molecule has 106 valence electrons. The molecule has 0 saturated carbocycles. The number of hydrogen-bond acceptors (Lipinski definition) is 2. The quantitative estimate of drug-likeness (QED) is 0.844. The van der Waals surface area contributed by atoms with Crippen LogP contribution in [0.4, 0.5) is 5.69 Å². The number of nitrogens with one attached hydrogen (secondary N) is 1. The van der Waals surface area contributed by atoms with Gasteiger partial charge in [-0.15, -0.1) is 0 Å². The van der Waals surface area contributed by atoms with Crippen LogP contribution in [0.1, 0.15) is 34.2 Å². The van der Waals surface area contributed by atoms with E-state index >= 15 is 0 Å². The molecule has 0 spiro atoms. The minimum Gasteiger partial charge on any atom is -0.378 e. The maximum atomic E-state index is 12.3. The van der Waals surface area contributed by atoms with E-state index in [1.165, 1.54) is 5.56 Å². The molecule has 0 saturated heterocycles. The van der Waals surface area contributed by atoms with Crippen molar-refractivity contribution in [2.75, 3.05) is 11.9 Å². The van der Waals surface area contributed by atoms with Gasteiger partial charge < -0.3 is 9.88 Å². The molecule has 0 aliphatic heterocycles. The molecule has 0 atom stereocenters. The second-order valence-electron chi connectivity index (χ2n) is 5.17. The summed E-state index contributed by atoms with van der Waals surface area (Å²) in [5.74, 6) is 0.130. The Morgan fingerprint density at radius 2 is 1.85 bits per heavy atom. The van der Waals surface area contributed by atoms with Crippen LogP contribution in [-0.2, 0) is 13.5 Å². The van der Waals surface area contributed by atoms with Crippen molar-refractivity contribution in [3.63, 3.8) is 0 Å². The van der Waals surface area contributed by atoms with Crippen molar-refractivity contribution in [1.29, 1.82) is 0 Å². The van der Waals surface area contributed by atoms with Crippen LogP contribution in [-0.4, -0.2) is 16.9 Å². The van der Waals surface area contributed by atoms with Gasteiger partial charge >= 0.3 is 0 Å². The van der Waals surface area contributed by atoms with Crippen LogP contribution in [0.3, 0.4) is 0 Å². The number of anilines is 1. The summed E-state index contributed by atoms with van der Waals surface area (Å²) in [5.41, 5.74) is 5.23.